The van der Waals surface area contributed by atoms with Crippen LogP contribution in [-0.2, 0) is 24.2 Å². The number of thiophene rings is 1. The Hall–Kier alpha value is -2.47. The highest BCUT2D eigenvalue weighted by Gasteiger charge is 2.23. The number of benzene rings is 1. The second kappa shape index (κ2) is 6.11. The van der Waals surface area contributed by atoms with Crippen LogP contribution in [0.1, 0.15) is 28.8 Å². The molecule has 2 aromatic heterocycles. The van der Waals surface area contributed by atoms with Gasteiger partial charge in [-0.05, 0) is 43.7 Å². The van der Waals surface area contributed by atoms with Crippen molar-refractivity contribution in [2.75, 3.05) is 0 Å². The first-order chi connectivity index (χ1) is 12.1. The van der Waals surface area contributed by atoms with Crippen LogP contribution in [0, 0.1) is 6.92 Å². The molecule has 0 bridgehead atoms. The number of aryl methyl sites for hydroxylation is 3. The Morgan fingerprint density at radius 2 is 2.04 bits per heavy atom. The molecule has 5 nitrogen and oxygen atoms in total. The van der Waals surface area contributed by atoms with Crippen molar-refractivity contribution in [3.05, 3.63) is 50.6 Å². The molecule has 0 aliphatic heterocycles. The van der Waals surface area contributed by atoms with E-state index in [1.807, 2.05) is 31.2 Å². The number of carboxylic acids is 1. The summed E-state index contributed by atoms with van der Waals surface area (Å²) in [5.74, 6) is -0.598. The molecule has 0 unspecified atom stereocenters. The molecule has 1 aliphatic carbocycles. The summed E-state index contributed by atoms with van der Waals surface area (Å²) < 4.78 is 1.31. The van der Waals surface area contributed by atoms with Crippen LogP contribution in [0.2, 0.25) is 0 Å². The van der Waals surface area contributed by atoms with Crippen molar-refractivity contribution < 1.29 is 9.90 Å². The fourth-order valence-corrected chi connectivity index (χ4v) is 4.80. The van der Waals surface area contributed by atoms with E-state index in [1.54, 1.807) is 11.3 Å². The first kappa shape index (κ1) is 16.0. The van der Waals surface area contributed by atoms with Gasteiger partial charge >= 0.3 is 5.97 Å². The summed E-state index contributed by atoms with van der Waals surface area (Å²) in [6, 6.07) is 7.62. The zero-order valence-electron chi connectivity index (χ0n) is 13.9. The number of nitrogens with zero attached hydrogens (tertiary/aromatic N) is 2. The monoisotopic (exact) mass is 354 g/mol. The normalized spacial score (nSPS) is 13.8. The zero-order chi connectivity index (χ0) is 17.6. The molecule has 2 heterocycles. The molecule has 0 atom stereocenters. The molecule has 0 saturated carbocycles. The van der Waals surface area contributed by atoms with Gasteiger partial charge in [-0.25, -0.2) is 4.98 Å². The smallest absolute Gasteiger partial charge is 0.323 e. The molecule has 0 fully saturated rings. The predicted octanol–water partition coefficient (Wildman–Crippen LogP) is 3.40. The molecule has 0 saturated heterocycles. The molecule has 6 heteroatoms. The van der Waals surface area contributed by atoms with Crippen molar-refractivity contribution in [3.63, 3.8) is 0 Å². The van der Waals surface area contributed by atoms with E-state index in [-0.39, 0.29) is 12.1 Å². The number of aliphatic carboxylic acids is 1. The third kappa shape index (κ3) is 2.66. The van der Waals surface area contributed by atoms with Gasteiger partial charge in [0.25, 0.3) is 5.56 Å². The third-order valence-electron chi connectivity index (χ3n) is 4.75. The molecule has 0 amide bonds. The summed E-state index contributed by atoms with van der Waals surface area (Å²) in [6.07, 6.45) is 4.06. The highest BCUT2D eigenvalue weighted by Crippen LogP contribution is 2.35. The fraction of sp³-hybridized carbons (Fsp3) is 0.316. The second-order valence-electron chi connectivity index (χ2n) is 6.43. The molecule has 4 rings (SSSR count). The van der Waals surface area contributed by atoms with Crippen LogP contribution in [0.3, 0.4) is 0 Å². The number of fused-ring (bicyclic) bond motifs is 3. The van der Waals surface area contributed by atoms with E-state index < -0.39 is 5.97 Å². The zero-order valence-corrected chi connectivity index (χ0v) is 14.7. The Balaban J connectivity index is 2.06. The summed E-state index contributed by atoms with van der Waals surface area (Å²) in [6.45, 7) is 1.56. The lowest BCUT2D eigenvalue weighted by Crippen LogP contribution is -2.27. The lowest BCUT2D eigenvalue weighted by Gasteiger charge is -2.13. The number of carbonyl (C=O) groups is 1. The SMILES string of the molecule is Cc1ccccc1-c1nc2sc3c(c2c(=O)n1CC(=O)O)CCCC3. The first-order valence-corrected chi connectivity index (χ1v) is 9.21. The minimum absolute atomic E-state index is 0.231. The molecule has 0 spiro atoms. The summed E-state index contributed by atoms with van der Waals surface area (Å²) in [7, 11) is 0. The Bertz CT molecular complexity index is 1050. The largest absolute Gasteiger partial charge is 0.480 e. The number of rotatable bonds is 3. The number of aromatic nitrogens is 2. The van der Waals surface area contributed by atoms with E-state index in [0.29, 0.717) is 11.2 Å². The minimum atomic E-state index is -1.04. The van der Waals surface area contributed by atoms with Gasteiger partial charge in [0.1, 0.15) is 17.2 Å². The van der Waals surface area contributed by atoms with Crippen molar-refractivity contribution in [3.8, 4) is 11.4 Å². The van der Waals surface area contributed by atoms with E-state index in [0.717, 1.165) is 47.2 Å². The van der Waals surface area contributed by atoms with Gasteiger partial charge in [0, 0.05) is 10.4 Å². The van der Waals surface area contributed by atoms with Gasteiger partial charge in [-0.3, -0.25) is 14.2 Å². The minimum Gasteiger partial charge on any atom is -0.480 e. The molecule has 3 aromatic rings. The van der Waals surface area contributed by atoms with E-state index in [2.05, 4.69) is 0 Å². The summed E-state index contributed by atoms with van der Waals surface area (Å²) >= 11 is 1.58. The molecule has 128 valence electrons. The number of hydrogen-bond donors (Lipinski definition) is 1. The highest BCUT2D eigenvalue weighted by molar-refractivity contribution is 7.18. The van der Waals surface area contributed by atoms with Crippen LogP contribution in [0.4, 0.5) is 0 Å². The van der Waals surface area contributed by atoms with E-state index in [4.69, 9.17) is 4.98 Å². The predicted molar refractivity (Wildman–Crippen MR) is 98.3 cm³/mol. The lowest BCUT2D eigenvalue weighted by atomic mass is 9.97. The fourth-order valence-electron chi connectivity index (χ4n) is 3.55. The molecule has 1 aliphatic rings. The summed E-state index contributed by atoms with van der Waals surface area (Å²) in [4.78, 5) is 31.2. The van der Waals surface area contributed by atoms with Crippen LogP contribution >= 0.6 is 11.3 Å². The van der Waals surface area contributed by atoms with Gasteiger partial charge in [0.05, 0.1) is 5.39 Å². The topological polar surface area (TPSA) is 72.2 Å². The van der Waals surface area contributed by atoms with Crippen LogP contribution in [-0.4, -0.2) is 20.6 Å². The Morgan fingerprint density at radius 1 is 1.28 bits per heavy atom. The molecule has 1 N–H and O–H groups in total. The van der Waals surface area contributed by atoms with Crippen molar-refractivity contribution >= 4 is 27.5 Å². The van der Waals surface area contributed by atoms with Crippen molar-refractivity contribution in [2.45, 2.75) is 39.2 Å². The van der Waals surface area contributed by atoms with Crippen LogP contribution in [0.15, 0.2) is 29.1 Å². The van der Waals surface area contributed by atoms with E-state index in [9.17, 15) is 14.7 Å². The average molecular weight is 354 g/mol. The maximum absolute atomic E-state index is 13.2. The van der Waals surface area contributed by atoms with Gasteiger partial charge < -0.3 is 5.11 Å². The first-order valence-electron chi connectivity index (χ1n) is 8.39. The standard InChI is InChI=1S/C19H18N2O3S/c1-11-6-2-3-7-12(11)17-20-18-16(19(24)21(17)10-15(22)23)13-8-4-5-9-14(13)25-18/h2-3,6-7H,4-5,8-10H2,1H3,(H,22,23). The van der Waals surface area contributed by atoms with Crippen molar-refractivity contribution in [1.29, 1.82) is 0 Å². The van der Waals surface area contributed by atoms with E-state index in [1.165, 1.54) is 9.44 Å². The van der Waals surface area contributed by atoms with Crippen LogP contribution in [0.5, 0.6) is 0 Å². The van der Waals surface area contributed by atoms with Crippen LogP contribution in [0.25, 0.3) is 21.6 Å². The molecule has 1 aromatic carbocycles. The van der Waals surface area contributed by atoms with E-state index >= 15 is 0 Å². The maximum atomic E-state index is 13.2. The molecule has 0 radical (unpaired) electrons. The third-order valence-corrected chi connectivity index (χ3v) is 5.94. The molecular weight excluding hydrogens is 336 g/mol. The Labute approximate surface area is 148 Å². The average Bonchev–Trinajstić information content (AvgIpc) is 2.96. The lowest BCUT2D eigenvalue weighted by molar-refractivity contribution is -0.137. The number of hydrogen-bond acceptors (Lipinski definition) is 4. The van der Waals surface area contributed by atoms with Crippen LogP contribution < -0.4 is 5.56 Å². The Morgan fingerprint density at radius 3 is 2.80 bits per heavy atom. The quantitative estimate of drug-likeness (QED) is 0.782. The summed E-state index contributed by atoms with van der Waals surface area (Å²) in [5.41, 5.74) is 2.62. The van der Waals surface area contributed by atoms with Gasteiger partial charge in [-0.15, -0.1) is 11.3 Å². The maximum Gasteiger partial charge on any atom is 0.323 e. The van der Waals surface area contributed by atoms with Crippen molar-refractivity contribution in [2.24, 2.45) is 0 Å². The van der Waals surface area contributed by atoms with Gasteiger partial charge in [-0.1, -0.05) is 24.3 Å². The molecular formula is C19H18N2O3S. The van der Waals surface area contributed by atoms with Crippen molar-refractivity contribution in [1.82, 2.24) is 9.55 Å². The van der Waals surface area contributed by atoms with Gasteiger partial charge in [0.15, 0.2) is 0 Å². The molecule has 25 heavy (non-hydrogen) atoms. The Kier molecular flexibility index (Phi) is 3.92. The summed E-state index contributed by atoms with van der Waals surface area (Å²) in [5, 5.41) is 9.93. The van der Waals surface area contributed by atoms with Gasteiger partial charge in [-0.2, -0.15) is 0 Å². The highest BCUT2D eigenvalue weighted by atomic mass is 32.1. The number of carboxylic acid groups (broad SMARTS) is 1. The van der Waals surface area contributed by atoms with Gasteiger partial charge in [0.2, 0.25) is 0 Å². The second-order valence-corrected chi connectivity index (χ2v) is 7.51.